The molecule has 0 aliphatic heterocycles. The Kier molecular flexibility index (Phi) is 2.95. The Morgan fingerprint density at radius 3 is 3.12 bits per heavy atom. The first-order valence-electron chi connectivity index (χ1n) is 4.94. The normalized spacial score (nSPS) is 10.1. The van der Waals surface area contributed by atoms with Crippen LogP contribution in [0.1, 0.15) is 11.1 Å². The number of aromatic nitrogens is 3. The lowest BCUT2D eigenvalue weighted by Gasteiger charge is -2.06. The summed E-state index contributed by atoms with van der Waals surface area (Å²) in [7, 11) is 0. The van der Waals surface area contributed by atoms with E-state index in [1.54, 1.807) is 12.4 Å². The molecule has 2 aromatic rings. The van der Waals surface area contributed by atoms with Gasteiger partial charge in [-0.15, -0.1) is 0 Å². The van der Waals surface area contributed by atoms with Crippen molar-refractivity contribution in [3.05, 3.63) is 52.3 Å². The first kappa shape index (κ1) is 10.4. The van der Waals surface area contributed by atoms with E-state index in [9.17, 15) is 4.79 Å². The fraction of sp³-hybridized carbons (Fsp3) is 0.182. The molecule has 2 N–H and O–H groups in total. The molecule has 0 aliphatic carbocycles. The van der Waals surface area contributed by atoms with Crippen molar-refractivity contribution in [1.82, 2.24) is 15.0 Å². The first-order valence-corrected chi connectivity index (χ1v) is 4.94. The van der Waals surface area contributed by atoms with Crippen LogP contribution in [0.5, 0.6) is 0 Å². The van der Waals surface area contributed by atoms with Gasteiger partial charge in [0, 0.05) is 25.0 Å². The van der Waals surface area contributed by atoms with E-state index in [1.807, 2.05) is 13.0 Å². The third-order valence-electron chi connectivity index (χ3n) is 2.29. The van der Waals surface area contributed by atoms with Gasteiger partial charge in [0.2, 0.25) is 0 Å². The van der Waals surface area contributed by atoms with Crippen molar-refractivity contribution in [2.75, 3.05) is 5.32 Å². The molecule has 0 atom stereocenters. The van der Waals surface area contributed by atoms with Crippen LogP contribution in [0.25, 0.3) is 0 Å². The van der Waals surface area contributed by atoms with E-state index in [-0.39, 0.29) is 5.56 Å². The largest absolute Gasteiger partial charge is 0.366 e. The smallest absolute Gasteiger partial charge is 0.252 e. The van der Waals surface area contributed by atoms with Crippen LogP contribution in [0, 0.1) is 6.92 Å². The van der Waals surface area contributed by atoms with Gasteiger partial charge in [-0.1, -0.05) is 0 Å². The van der Waals surface area contributed by atoms with Crippen molar-refractivity contribution in [2.45, 2.75) is 13.5 Å². The van der Waals surface area contributed by atoms with Gasteiger partial charge in [-0.05, 0) is 24.1 Å². The van der Waals surface area contributed by atoms with Gasteiger partial charge < -0.3 is 10.3 Å². The number of anilines is 1. The second-order valence-corrected chi connectivity index (χ2v) is 3.45. The molecule has 5 heteroatoms. The van der Waals surface area contributed by atoms with Crippen LogP contribution in [-0.2, 0) is 6.54 Å². The summed E-state index contributed by atoms with van der Waals surface area (Å²) in [6, 6.07) is 3.37. The minimum absolute atomic E-state index is 0.166. The summed E-state index contributed by atoms with van der Waals surface area (Å²) in [6.45, 7) is 2.63. The van der Waals surface area contributed by atoms with Crippen LogP contribution in [0.4, 0.5) is 5.82 Å². The molecular weight excluding hydrogens is 204 g/mol. The van der Waals surface area contributed by atoms with Gasteiger partial charge in [0.15, 0.2) is 0 Å². The zero-order valence-corrected chi connectivity index (χ0v) is 8.90. The Morgan fingerprint density at radius 2 is 2.38 bits per heavy atom. The molecule has 0 saturated carbocycles. The number of rotatable bonds is 3. The van der Waals surface area contributed by atoms with Crippen molar-refractivity contribution < 1.29 is 0 Å². The molecule has 0 saturated heterocycles. The summed E-state index contributed by atoms with van der Waals surface area (Å²) in [5, 5.41) is 3.07. The first-order chi connectivity index (χ1) is 7.75. The van der Waals surface area contributed by atoms with Crippen LogP contribution in [0.3, 0.4) is 0 Å². The Labute approximate surface area is 92.6 Å². The van der Waals surface area contributed by atoms with Gasteiger partial charge in [-0.3, -0.25) is 9.78 Å². The van der Waals surface area contributed by atoms with Crippen molar-refractivity contribution in [3.63, 3.8) is 0 Å². The molecule has 0 fully saturated rings. The number of nitrogens with one attached hydrogen (secondary N) is 2. The van der Waals surface area contributed by atoms with Crippen LogP contribution in [0.15, 0.2) is 35.6 Å². The van der Waals surface area contributed by atoms with Crippen molar-refractivity contribution >= 4 is 5.82 Å². The predicted octanol–water partition coefficient (Wildman–Crippen LogP) is 1.09. The van der Waals surface area contributed by atoms with E-state index in [1.165, 1.54) is 12.4 Å². The standard InChI is InChI=1S/C11H12N4O/c1-8-2-3-12-5-9(8)6-13-10-4-11(16)15-7-14-10/h2-5,7H,6H2,1H3,(H2,13,14,15,16). The molecule has 0 bridgehead atoms. The number of aromatic amines is 1. The van der Waals surface area contributed by atoms with E-state index in [0.29, 0.717) is 12.4 Å². The number of aryl methyl sites for hydroxylation is 1. The lowest BCUT2D eigenvalue weighted by Crippen LogP contribution is -2.09. The molecule has 2 heterocycles. The van der Waals surface area contributed by atoms with Gasteiger partial charge in [0.1, 0.15) is 5.82 Å². The molecule has 0 aromatic carbocycles. The Balaban J connectivity index is 2.08. The molecule has 0 spiro atoms. The molecule has 2 rings (SSSR count). The summed E-state index contributed by atoms with van der Waals surface area (Å²) in [4.78, 5) is 21.5. The lowest BCUT2D eigenvalue weighted by atomic mass is 10.1. The highest BCUT2D eigenvalue weighted by Crippen LogP contribution is 2.07. The van der Waals surface area contributed by atoms with E-state index in [0.717, 1.165) is 11.1 Å². The van der Waals surface area contributed by atoms with Crippen LogP contribution in [0.2, 0.25) is 0 Å². The summed E-state index contributed by atoms with van der Waals surface area (Å²) >= 11 is 0. The van der Waals surface area contributed by atoms with Crippen LogP contribution < -0.4 is 10.9 Å². The fourth-order valence-electron chi connectivity index (χ4n) is 1.33. The minimum atomic E-state index is -0.166. The highest BCUT2D eigenvalue weighted by atomic mass is 16.1. The lowest BCUT2D eigenvalue weighted by molar-refractivity contribution is 1.04. The Hall–Kier alpha value is -2.17. The van der Waals surface area contributed by atoms with E-state index < -0.39 is 0 Å². The van der Waals surface area contributed by atoms with Crippen molar-refractivity contribution in [2.24, 2.45) is 0 Å². The molecule has 0 aliphatic rings. The van der Waals surface area contributed by atoms with E-state index in [4.69, 9.17) is 0 Å². The molecule has 82 valence electrons. The summed E-state index contributed by atoms with van der Waals surface area (Å²) < 4.78 is 0. The second kappa shape index (κ2) is 4.57. The fourth-order valence-corrected chi connectivity index (χ4v) is 1.33. The molecular formula is C11H12N4O. The highest BCUT2D eigenvalue weighted by Gasteiger charge is 1.98. The third-order valence-corrected chi connectivity index (χ3v) is 2.29. The summed E-state index contributed by atoms with van der Waals surface area (Å²) in [6.07, 6.45) is 4.93. The van der Waals surface area contributed by atoms with E-state index >= 15 is 0 Å². The maximum atomic E-state index is 11.0. The maximum Gasteiger partial charge on any atom is 0.252 e. The highest BCUT2D eigenvalue weighted by molar-refractivity contribution is 5.34. The van der Waals surface area contributed by atoms with Gasteiger partial charge in [0.05, 0.1) is 6.33 Å². The monoisotopic (exact) mass is 216 g/mol. The summed E-state index contributed by atoms with van der Waals surface area (Å²) in [5.74, 6) is 0.562. The van der Waals surface area contributed by atoms with E-state index in [2.05, 4.69) is 20.3 Å². The zero-order chi connectivity index (χ0) is 11.4. The summed E-state index contributed by atoms with van der Waals surface area (Å²) in [5.41, 5.74) is 2.08. The number of H-pyrrole nitrogens is 1. The number of pyridine rings is 1. The maximum absolute atomic E-state index is 11.0. The predicted molar refractivity (Wildman–Crippen MR) is 61.2 cm³/mol. The zero-order valence-electron chi connectivity index (χ0n) is 8.90. The molecule has 5 nitrogen and oxygen atoms in total. The Morgan fingerprint density at radius 1 is 1.50 bits per heavy atom. The number of nitrogens with zero attached hydrogens (tertiary/aromatic N) is 2. The number of hydrogen-bond acceptors (Lipinski definition) is 4. The van der Waals surface area contributed by atoms with Gasteiger partial charge in [-0.25, -0.2) is 4.98 Å². The van der Waals surface area contributed by atoms with Gasteiger partial charge in [0.25, 0.3) is 5.56 Å². The minimum Gasteiger partial charge on any atom is -0.366 e. The van der Waals surface area contributed by atoms with Gasteiger partial charge in [-0.2, -0.15) is 0 Å². The quantitative estimate of drug-likeness (QED) is 0.805. The molecule has 0 radical (unpaired) electrons. The molecule has 2 aromatic heterocycles. The molecule has 0 unspecified atom stereocenters. The topological polar surface area (TPSA) is 70.7 Å². The molecule has 0 amide bonds. The van der Waals surface area contributed by atoms with Gasteiger partial charge >= 0.3 is 0 Å². The Bertz CT molecular complexity index is 535. The molecule has 16 heavy (non-hydrogen) atoms. The van der Waals surface area contributed by atoms with Crippen LogP contribution >= 0.6 is 0 Å². The van der Waals surface area contributed by atoms with Crippen LogP contribution in [-0.4, -0.2) is 15.0 Å². The SMILES string of the molecule is Cc1ccncc1CNc1cc(=O)[nH]cn1. The average molecular weight is 216 g/mol. The van der Waals surface area contributed by atoms with Crippen molar-refractivity contribution in [3.8, 4) is 0 Å². The third kappa shape index (κ3) is 2.44. The van der Waals surface area contributed by atoms with Crippen molar-refractivity contribution in [1.29, 1.82) is 0 Å². The number of hydrogen-bond donors (Lipinski definition) is 2. The average Bonchev–Trinajstić information content (AvgIpc) is 2.28. The second-order valence-electron chi connectivity index (χ2n) is 3.45.